The lowest BCUT2D eigenvalue weighted by atomic mass is 10.1. The highest BCUT2D eigenvalue weighted by Crippen LogP contribution is 2.15. The van der Waals surface area contributed by atoms with Crippen LogP contribution in [0.5, 0.6) is 0 Å². The summed E-state index contributed by atoms with van der Waals surface area (Å²) < 4.78 is 16.8. The minimum atomic E-state index is -0.784. The van der Waals surface area contributed by atoms with Crippen molar-refractivity contribution in [1.29, 1.82) is 0 Å². The summed E-state index contributed by atoms with van der Waals surface area (Å²) in [4.78, 5) is 37.9. The molecule has 0 aromatic carbocycles. The highest BCUT2D eigenvalue weighted by Gasteiger charge is 2.19. The van der Waals surface area contributed by atoms with Crippen molar-refractivity contribution in [3.8, 4) is 0 Å². The Kier molecular flexibility index (Phi) is 47.4. The Labute approximate surface area is 377 Å². The Bertz CT molecular complexity index is 1120. The maximum atomic E-state index is 12.8. The first-order valence-corrected chi connectivity index (χ1v) is 25.8. The number of unbranched alkanes of at least 4 members (excludes halogenated alkanes) is 26. The first-order valence-electron chi connectivity index (χ1n) is 25.8. The van der Waals surface area contributed by atoms with Gasteiger partial charge in [0.15, 0.2) is 6.10 Å². The lowest BCUT2D eigenvalue weighted by Gasteiger charge is -2.18. The fourth-order valence-corrected chi connectivity index (χ4v) is 7.11. The van der Waals surface area contributed by atoms with Crippen LogP contribution in [-0.4, -0.2) is 37.2 Å². The molecule has 1 atom stereocenters. The van der Waals surface area contributed by atoms with Crippen LogP contribution >= 0.6 is 0 Å². The number of hydrogen-bond donors (Lipinski definition) is 0. The van der Waals surface area contributed by atoms with E-state index in [2.05, 4.69) is 81.5 Å². The second-order valence-corrected chi connectivity index (χ2v) is 17.1. The molecule has 0 spiro atoms. The second kappa shape index (κ2) is 49.8. The van der Waals surface area contributed by atoms with E-state index in [-0.39, 0.29) is 31.1 Å². The molecule has 0 aromatic rings. The SMILES string of the molecule is CC/C=C\C/C=C\CCCCCCCC(=O)OC(COC(=O)CCCCCCC/C=C\CCCCC)COC(=O)CCCCCCCCCCCC/C=C\C=C/CCCCC. The highest BCUT2D eigenvalue weighted by atomic mass is 16.6. The lowest BCUT2D eigenvalue weighted by Crippen LogP contribution is -2.30. The number of rotatable bonds is 46. The fraction of sp³-hybridized carbons (Fsp3) is 0.764. The van der Waals surface area contributed by atoms with Crippen LogP contribution in [0.15, 0.2) is 60.8 Å². The maximum Gasteiger partial charge on any atom is 0.306 e. The maximum absolute atomic E-state index is 12.8. The Morgan fingerprint density at radius 1 is 0.361 bits per heavy atom. The third-order valence-corrected chi connectivity index (χ3v) is 11.0. The molecule has 352 valence electrons. The average molecular weight is 853 g/mol. The van der Waals surface area contributed by atoms with Crippen molar-refractivity contribution in [1.82, 2.24) is 0 Å². The Hall–Kier alpha value is -2.89. The van der Waals surface area contributed by atoms with Gasteiger partial charge in [-0.15, -0.1) is 0 Å². The monoisotopic (exact) mass is 853 g/mol. The molecule has 0 bridgehead atoms. The zero-order valence-corrected chi connectivity index (χ0v) is 40.2. The quantitative estimate of drug-likeness (QED) is 0.0200. The first kappa shape index (κ1) is 58.1. The van der Waals surface area contributed by atoms with Gasteiger partial charge in [-0.05, 0) is 96.3 Å². The van der Waals surface area contributed by atoms with Gasteiger partial charge in [-0.25, -0.2) is 0 Å². The summed E-state index contributed by atoms with van der Waals surface area (Å²) in [5.74, 6) is -0.909. The minimum Gasteiger partial charge on any atom is -0.462 e. The van der Waals surface area contributed by atoms with Gasteiger partial charge in [-0.2, -0.15) is 0 Å². The number of ether oxygens (including phenoxy) is 3. The fourth-order valence-electron chi connectivity index (χ4n) is 7.11. The van der Waals surface area contributed by atoms with Gasteiger partial charge < -0.3 is 14.2 Å². The topological polar surface area (TPSA) is 78.9 Å². The molecule has 0 N–H and O–H groups in total. The van der Waals surface area contributed by atoms with Gasteiger partial charge in [0.2, 0.25) is 0 Å². The van der Waals surface area contributed by atoms with Crippen LogP contribution in [0.1, 0.15) is 252 Å². The van der Waals surface area contributed by atoms with Crippen molar-refractivity contribution in [3.63, 3.8) is 0 Å². The molecule has 0 saturated heterocycles. The van der Waals surface area contributed by atoms with E-state index in [1.54, 1.807) is 0 Å². The molecule has 61 heavy (non-hydrogen) atoms. The normalized spacial score (nSPS) is 12.5. The van der Waals surface area contributed by atoms with Crippen molar-refractivity contribution >= 4 is 17.9 Å². The van der Waals surface area contributed by atoms with E-state index in [1.165, 1.54) is 116 Å². The van der Waals surface area contributed by atoms with E-state index in [0.717, 1.165) is 96.3 Å². The summed E-state index contributed by atoms with van der Waals surface area (Å²) in [6.45, 7) is 6.46. The van der Waals surface area contributed by atoms with Crippen LogP contribution in [0, 0.1) is 0 Å². The smallest absolute Gasteiger partial charge is 0.306 e. The predicted molar refractivity (Wildman–Crippen MR) is 261 cm³/mol. The molecule has 0 rings (SSSR count). The number of hydrogen-bond acceptors (Lipinski definition) is 6. The van der Waals surface area contributed by atoms with Gasteiger partial charge in [0, 0.05) is 19.3 Å². The molecule has 0 heterocycles. The third kappa shape index (κ3) is 48.0. The average Bonchev–Trinajstić information content (AvgIpc) is 3.26. The van der Waals surface area contributed by atoms with Crippen LogP contribution in [0.4, 0.5) is 0 Å². The van der Waals surface area contributed by atoms with Crippen molar-refractivity contribution in [2.24, 2.45) is 0 Å². The molecule has 0 saturated carbocycles. The number of allylic oxidation sites excluding steroid dienone is 10. The molecule has 0 aliphatic carbocycles. The molecule has 6 nitrogen and oxygen atoms in total. The van der Waals surface area contributed by atoms with Gasteiger partial charge in [-0.3, -0.25) is 14.4 Å². The second-order valence-electron chi connectivity index (χ2n) is 17.1. The molecule has 0 aliphatic rings. The van der Waals surface area contributed by atoms with E-state index in [0.29, 0.717) is 19.3 Å². The largest absolute Gasteiger partial charge is 0.462 e. The molecule has 1 unspecified atom stereocenters. The van der Waals surface area contributed by atoms with Crippen molar-refractivity contribution in [2.45, 2.75) is 258 Å². The van der Waals surface area contributed by atoms with Crippen LogP contribution in [0.25, 0.3) is 0 Å². The predicted octanol–water partition coefficient (Wildman–Crippen LogP) is 16.9. The van der Waals surface area contributed by atoms with Gasteiger partial charge in [0.1, 0.15) is 13.2 Å². The third-order valence-electron chi connectivity index (χ3n) is 11.0. The molecular weight excluding hydrogens is 757 g/mol. The van der Waals surface area contributed by atoms with E-state index in [1.807, 2.05) is 0 Å². The molecule has 6 heteroatoms. The van der Waals surface area contributed by atoms with Crippen LogP contribution in [0.2, 0.25) is 0 Å². The molecule has 0 aromatic heterocycles. The standard InChI is InChI=1S/C55H96O6/c1-4-7-10-13-16-19-22-25-26-27-28-29-30-31-34-36-39-42-45-48-54(57)60-51-52(61-55(58)49-46-43-40-37-33-24-21-18-15-12-9-6-3)50-59-53(56)47-44-41-38-35-32-23-20-17-14-11-8-5-2/h9,12,16-22,25,52H,4-8,10-11,13-15,23-24,26-51H2,1-3H3/b12-9-,19-16-,20-17-,21-18-,25-22-. The first-order chi connectivity index (χ1) is 30.0. The van der Waals surface area contributed by atoms with Gasteiger partial charge in [0.25, 0.3) is 0 Å². The summed E-state index contributed by atoms with van der Waals surface area (Å²) in [5, 5.41) is 0. The van der Waals surface area contributed by atoms with E-state index in [9.17, 15) is 14.4 Å². The van der Waals surface area contributed by atoms with E-state index in [4.69, 9.17) is 14.2 Å². The Balaban J connectivity index is 4.34. The lowest BCUT2D eigenvalue weighted by molar-refractivity contribution is -0.167. The van der Waals surface area contributed by atoms with Crippen LogP contribution in [0.3, 0.4) is 0 Å². The molecule has 0 radical (unpaired) electrons. The Morgan fingerprint density at radius 2 is 0.689 bits per heavy atom. The minimum absolute atomic E-state index is 0.0842. The summed E-state index contributed by atoms with van der Waals surface area (Å²) in [5.41, 5.74) is 0. The number of carbonyl (C=O) groups excluding carboxylic acids is 3. The highest BCUT2D eigenvalue weighted by molar-refractivity contribution is 5.71. The summed E-state index contributed by atoms with van der Waals surface area (Å²) in [7, 11) is 0. The molecule has 0 fully saturated rings. The van der Waals surface area contributed by atoms with E-state index >= 15 is 0 Å². The van der Waals surface area contributed by atoms with Crippen molar-refractivity contribution < 1.29 is 28.6 Å². The summed E-state index contributed by atoms with van der Waals surface area (Å²) >= 11 is 0. The molecular formula is C55H96O6. The summed E-state index contributed by atoms with van der Waals surface area (Å²) in [6.07, 6.45) is 60.6. The van der Waals surface area contributed by atoms with Gasteiger partial charge >= 0.3 is 17.9 Å². The van der Waals surface area contributed by atoms with Crippen molar-refractivity contribution in [2.75, 3.05) is 13.2 Å². The zero-order chi connectivity index (χ0) is 44.4. The zero-order valence-electron chi connectivity index (χ0n) is 40.2. The number of carbonyl (C=O) groups is 3. The van der Waals surface area contributed by atoms with Crippen LogP contribution in [-0.2, 0) is 28.6 Å². The van der Waals surface area contributed by atoms with Gasteiger partial charge in [0.05, 0.1) is 0 Å². The molecule has 0 aliphatic heterocycles. The van der Waals surface area contributed by atoms with Crippen molar-refractivity contribution in [3.05, 3.63) is 60.8 Å². The van der Waals surface area contributed by atoms with E-state index < -0.39 is 6.10 Å². The van der Waals surface area contributed by atoms with Gasteiger partial charge in [-0.1, -0.05) is 197 Å². The van der Waals surface area contributed by atoms with Crippen LogP contribution < -0.4 is 0 Å². The summed E-state index contributed by atoms with van der Waals surface area (Å²) in [6, 6.07) is 0. The Morgan fingerprint density at radius 3 is 1.10 bits per heavy atom. The molecule has 0 amide bonds. The number of esters is 3.